The first-order chi connectivity index (χ1) is 12.5. The van der Waals surface area contributed by atoms with E-state index in [9.17, 15) is 9.18 Å². The quantitative estimate of drug-likeness (QED) is 0.517. The molecule has 4 rings (SSSR count). The van der Waals surface area contributed by atoms with Crippen molar-refractivity contribution in [3.63, 3.8) is 0 Å². The van der Waals surface area contributed by atoms with Crippen molar-refractivity contribution in [3.05, 3.63) is 87.0 Å². The molecule has 0 bridgehead atoms. The number of hydrogen-bond donors (Lipinski definition) is 0. The van der Waals surface area contributed by atoms with Crippen LogP contribution in [0.15, 0.2) is 59.7 Å². The number of nitrogens with zero attached hydrogens (tertiary/aromatic N) is 2. The highest BCUT2D eigenvalue weighted by atomic mass is 32.1. The Kier molecular flexibility index (Phi) is 4.17. The van der Waals surface area contributed by atoms with Crippen LogP contribution in [0.1, 0.15) is 16.0 Å². The summed E-state index contributed by atoms with van der Waals surface area (Å²) < 4.78 is 14.9. The number of fused-ring (bicyclic) bond motifs is 1. The van der Waals surface area contributed by atoms with Gasteiger partial charge in [0.25, 0.3) is 5.56 Å². The predicted octanol–water partition coefficient (Wildman–Crippen LogP) is 4.93. The molecule has 0 saturated carbocycles. The fourth-order valence-electron chi connectivity index (χ4n) is 3.10. The fraction of sp³-hybridized carbons (Fsp3) is 0.143. The van der Waals surface area contributed by atoms with Gasteiger partial charge in [-0.25, -0.2) is 9.37 Å². The van der Waals surface area contributed by atoms with E-state index in [-0.39, 0.29) is 11.4 Å². The largest absolute Gasteiger partial charge is 0.294 e. The fourth-order valence-corrected chi connectivity index (χ4v) is 4.11. The summed E-state index contributed by atoms with van der Waals surface area (Å²) in [7, 11) is 0. The summed E-state index contributed by atoms with van der Waals surface area (Å²) in [5.74, 6) is -0.291. The highest BCUT2D eigenvalue weighted by molar-refractivity contribution is 7.19. The molecule has 26 heavy (non-hydrogen) atoms. The molecule has 0 saturated heterocycles. The van der Waals surface area contributed by atoms with Gasteiger partial charge in [-0.15, -0.1) is 11.3 Å². The highest BCUT2D eigenvalue weighted by Gasteiger charge is 2.17. The topological polar surface area (TPSA) is 34.9 Å². The van der Waals surface area contributed by atoms with Gasteiger partial charge in [0.1, 0.15) is 10.6 Å². The second kappa shape index (κ2) is 6.50. The van der Waals surface area contributed by atoms with Crippen LogP contribution in [0.2, 0.25) is 0 Å². The number of benzene rings is 2. The first-order valence-electron chi connectivity index (χ1n) is 8.33. The van der Waals surface area contributed by atoms with Crippen molar-refractivity contribution in [2.24, 2.45) is 0 Å². The van der Waals surface area contributed by atoms with E-state index in [4.69, 9.17) is 0 Å². The predicted molar refractivity (Wildman–Crippen MR) is 104 cm³/mol. The van der Waals surface area contributed by atoms with Crippen molar-refractivity contribution >= 4 is 21.6 Å². The van der Waals surface area contributed by atoms with Crippen LogP contribution in [0.3, 0.4) is 0 Å². The maximum absolute atomic E-state index is 13.3. The molecule has 0 aliphatic rings. The van der Waals surface area contributed by atoms with E-state index in [1.807, 2.05) is 38.1 Å². The summed E-state index contributed by atoms with van der Waals surface area (Å²) >= 11 is 1.49. The van der Waals surface area contributed by atoms with Crippen LogP contribution in [0.5, 0.6) is 0 Å². The van der Waals surface area contributed by atoms with E-state index in [0.29, 0.717) is 16.8 Å². The van der Waals surface area contributed by atoms with Crippen LogP contribution in [-0.2, 0) is 6.54 Å². The average Bonchev–Trinajstić information content (AvgIpc) is 2.97. The molecule has 3 nitrogen and oxygen atoms in total. The second-order valence-corrected chi connectivity index (χ2v) is 7.59. The minimum atomic E-state index is -0.291. The Morgan fingerprint density at radius 2 is 1.73 bits per heavy atom. The normalized spacial score (nSPS) is 11.2. The Morgan fingerprint density at radius 1 is 1.04 bits per heavy atom. The maximum atomic E-state index is 13.3. The number of hydrogen-bond acceptors (Lipinski definition) is 3. The van der Waals surface area contributed by atoms with Gasteiger partial charge in [0.15, 0.2) is 0 Å². The lowest BCUT2D eigenvalue weighted by Crippen LogP contribution is -2.21. The minimum absolute atomic E-state index is 0.0701. The molecule has 0 aliphatic carbocycles. The van der Waals surface area contributed by atoms with Crippen molar-refractivity contribution < 1.29 is 4.39 Å². The number of rotatable bonds is 3. The zero-order valence-electron chi connectivity index (χ0n) is 14.5. The number of aryl methyl sites for hydroxylation is 2. The standard InChI is InChI=1S/C21H17FN2OS/c1-13-3-5-15(6-4-13)11-24-12-23-20-19(21(24)25)18(14(2)26-20)16-7-9-17(22)10-8-16/h3-10,12H,11H2,1-2H3. The van der Waals surface area contributed by atoms with Gasteiger partial charge in [-0.05, 0) is 37.1 Å². The van der Waals surface area contributed by atoms with Crippen molar-refractivity contribution in [2.75, 3.05) is 0 Å². The lowest BCUT2D eigenvalue weighted by Gasteiger charge is -2.07. The lowest BCUT2D eigenvalue weighted by molar-refractivity contribution is 0.628. The second-order valence-electron chi connectivity index (χ2n) is 6.38. The SMILES string of the molecule is Cc1ccc(Cn2cnc3sc(C)c(-c4ccc(F)cc4)c3c2=O)cc1. The van der Waals surface area contributed by atoms with Crippen LogP contribution in [-0.4, -0.2) is 9.55 Å². The molecule has 0 radical (unpaired) electrons. The molecule has 130 valence electrons. The molecular weight excluding hydrogens is 347 g/mol. The van der Waals surface area contributed by atoms with Crippen LogP contribution in [0.25, 0.3) is 21.3 Å². The Hall–Kier alpha value is -2.79. The Bertz CT molecular complexity index is 1140. The third kappa shape index (κ3) is 2.95. The van der Waals surface area contributed by atoms with Gasteiger partial charge in [-0.3, -0.25) is 9.36 Å². The molecule has 0 aliphatic heterocycles. The van der Waals surface area contributed by atoms with Gasteiger partial charge in [0.05, 0.1) is 18.3 Å². The molecule has 2 heterocycles. The minimum Gasteiger partial charge on any atom is -0.294 e. The smallest absolute Gasteiger partial charge is 0.263 e. The molecule has 0 atom stereocenters. The van der Waals surface area contributed by atoms with Gasteiger partial charge >= 0.3 is 0 Å². The molecule has 2 aromatic heterocycles. The number of halogens is 1. The van der Waals surface area contributed by atoms with Crippen molar-refractivity contribution in [2.45, 2.75) is 20.4 Å². The molecule has 0 amide bonds. The van der Waals surface area contributed by atoms with Crippen LogP contribution >= 0.6 is 11.3 Å². The molecule has 0 unspecified atom stereocenters. The Labute approximate surface area is 154 Å². The third-order valence-electron chi connectivity index (χ3n) is 4.46. The van der Waals surface area contributed by atoms with Crippen LogP contribution in [0, 0.1) is 19.7 Å². The van der Waals surface area contributed by atoms with Crippen molar-refractivity contribution in [1.29, 1.82) is 0 Å². The van der Waals surface area contributed by atoms with Crippen LogP contribution < -0.4 is 5.56 Å². The first kappa shape index (κ1) is 16.7. The zero-order chi connectivity index (χ0) is 18.3. The molecular formula is C21H17FN2OS. The summed E-state index contributed by atoms with van der Waals surface area (Å²) in [4.78, 5) is 19.3. The van der Waals surface area contributed by atoms with Crippen molar-refractivity contribution in [3.8, 4) is 11.1 Å². The molecule has 2 aromatic carbocycles. The zero-order valence-corrected chi connectivity index (χ0v) is 15.3. The highest BCUT2D eigenvalue weighted by Crippen LogP contribution is 2.35. The molecule has 4 aromatic rings. The monoisotopic (exact) mass is 364 g/mol. The molecule has 0 N–H and O–H groups in total. The summed E-state index contributed by atoms with van der Waals surface area (Å²) in [6, 6.07) is 14.4. The number of aromatic nitrogens is 2. The van der Waals surface area contributed by atoms with Gasteiger partial charge in [-0.2, -0.15) is 0 Å². The van der Waals surface area contributed by atoms with Gasteiger partial charge in [0, 0.05) is 10.4 Å². The van der Waals surface area contributed by atoms with E-state index in [2.05, 4.69) is 4.98 Å². The van der Waals surface area contributed by atoms with Crippen LogP contribution in [0.4, 0.5) is 4.39 Å². The first-order valence-corrected chi connectivity index (χ1v) is 9.14. The van der Waals surface area contributed by atoms with E-state index >= 15 is 0 Å². The van der Waals surface area contributed by atoms with Crippen molar-refractivity contribution in [1.82, 2.24) is 9.55 Å². The van der Waals surface area contributed by atoms with Gasteiger partial charge in [-0.1, -0.05) is 42.0 Å². The van der Waals surface area contributed by atoms with E-state index in [1.165, 1.54) is 29.0 Å². The van der Waals surface area contributed by atoms with E-state index in [0.717, 1.165) is 21.6 Å². The summed E-state index contributed by atoms with van der Waals surface area (Å²) in [6.07, 6.45) is 1.61. The molecule has 0 fully saturated rings. The Morgan fingerprint density at radius 3 is 2.42 bits per heavy atom. The van der Waals surface area contributed by atoms with E-state index in [1.54, 1.807) is 23.0 Å². The van der Waals surface area contributed by atoms with E-state index < -0.39 is 0 Å². The number of thiophene rings is 1. The lowest BCUT2D eigenvalue weighted by atomic mass is 10.0. The van der Waals surface area contributed by atoms with Gasteiger partial charge in [0.2, 0.25) is 0 Å². The van der Waals surface area contributed by atoms with Gasteiger partial charge < -0.3 is 0 Å². The Balaban J connectivity index is 1.86. The molecule has 0 spiro atoms. The average molecular weight is 364 g/mol. The summed E-state index contributed by atoms with van der Waals surface area (Å²) in [6.45, 7) is 4.47. The maximum Gasteiger partial charge on any atom is 0.263 e. The summed E-state index contributed by atoms with van der Waals surface area (Å²) in [5.41, 5.74) is 3.85. The summed E-state index contributed by atoms with van der Waals surface area (Å²) in [5, 5.41) is 0.605. The molecule has 5 heteroatoms. The third-order valence-corrected chi connectivity index (χ3v) is 5.47.